The molecule has 0 aromatic carbocycles. The van der Waals surface area contributed by atoms with Crippen molar-refractivity contribution >= 4 is 28.1 Å². The quantitative estimate of drug-likeness (QED) is 0.412. The molecule has 3 aromatic rings. The molecule has 1 aliphatic carbocycles. The molecule has 226 valence electrons. The number of aromatic nitrogens is 3. The van der Waals surface area contributed by atoms with E-state index in [-0.39, 0.29) is 18.1 Å². The van der Waals surface area contributed by atoms with E-state index in [9.17, 15) is 10.1 Å². The molecule has 2 aliphatic heterocycles. The summed E-state index contributed by atoms with van der Waals surface area (Å²) in [6.07, 6.45) is 5.40. The zero-order valence-corrected chi connectivity index (χ0v) is 25.8. The van der Waals surface area contributed by atoms with Gasteiger partial charge in [0.05, 0.1) is 11.3 Å². The van der Waals surface area contributed by atoms with Crippen molar-refractivity contribution in [3.05, 3.63) is 46.5 Å². The first kappa shape index (κ1) is 29.1. The highest BCUT2D eigenvalue weighted by Gasteiger charge is 2.41. The van der Waals surface area contributed by atoms with E-state index in [1.165, 1.54) is 17.4 Å². The fraction of sp³-hybridized carbons (Fsp3) is 0.516. The number of rotatable bonds is 6. The van der Waals surface area contributed by atoms with Gasteiger partial charge in [0.25, 0.3) is 0 Å². The summed E-state index contributed by atoms with van der Waals surface area (Å²) in [5, 5.41) is 15.0. The lowest BCUT2D eigenvalue weighted by Gasteiger charge is -2.39. The third-order valence-corrected chi connectivity index (χ3v) is 10.2. The van der Waals surface area contributed by atoms with Gasteiger partial charge in [0, 0.05) is 74.0 Å². The molecule has 0 spiro atoms. The van der Waals surface area contributed by atoms with Gasteiger partial charge in [-0.3, -0.25) is 4.79 Å². The van der Waals surface area contributed by atoms with Crippen LogP contribution in [0.4, 0.5) is 10.8 Å². The van der Waals surface area contributed by atoms with E-state index in [1.807, 2.05) is 12.1 Å². The molecule has 2 saturated heterocycles. The first-order valence-corrected chi connectivity index (χ1v) is 15.7. The summed E-state index contributed by atoms with van der Waals surface area (Å²) >= 11 is 1.50. The number of nitrogen functional groups attached to an aromatic ring is 1. The second-order valence-corrected chi connectivity index (χ2v) is 13.2. The number of nitrogens with zero attached hydrogens (tertiary/aromatic N) is 7. The number of hydrogen-bond acceptors (Lipinski definition) is 11. The van der Waals surface area contributed by atoms with Crippen molar-refractivity contribution in [2.75, 3.05) is 50.4 Å². The summed E-state index contributed by atoms with van der Waals surface area (Å²) in [6.45, 7) is 11.8. The highest BCUT2D eigenvalue weighted by Crippen LogP contribution is 2.49. The van der Waals surface area contributed by atoms with E-state index < -0.39 is 5.41 Å². The number of aryl methyl sites for hydroxylation is 1. The first-order chi connectivity index (χ1) is 20.7. The summed E-state index contributed by atoms with van der Waals surface area (Å²) in [4.78, 5) is 29.3. The highest BCUT2D eigenvalue weighted by molar-refractivity contribution is 7.16. The Morgan fingerprint density at radius 3 is 2.79 bits per heavy atom. The summed E-state index contributed by atoms with van der Waals surface area (Å²) in [7, 11) is 2.13. The number of carbonyl (C=O) groups excluding carboxylic acids is 1. The van der Waals surface area contributed by atoms with E-state index in [1.54, 1.807) is 4.90 Å². The van der Waals surface area contributed by atoms with Crippen molar-refractivity contribution < 1.29 is 14.1 Å². The lowest BCUT2D eigenvalue weighted by molar-refractivity contribution is -0.127. The van der Waals surface area contributed by atoms with Crippen molar-refractivity contribution in [1.29, 1.82) is 5.26 Å². The van der Waals surface area contributed by atoms with Crippen molar-refractivity contribution in [3.8, 4) is 23.5 Å². The van der Waals surface area contributed by atoms with Gasteiger partial charge in [-0.15, -0.1) is 11.3 Å². The molecule has 2 atom stereocenters. The van der Waals surface area contributed by atoms with Crippen molar-refractivity contribution in [1.82, 2.24) is 24.9 Å². The predicted molar refractivity (Wildman–Crippen MR) is 165 cm³/mol. The van der Waals surface area contributed by atoms with Crippen molar-refractivity contribution in [2.24, 2.45) is 0 Å². The van der Waals surface area contributed by atoms with Crippen molar-refractivity contribution in [3.63, 3.8) is 0 Å². The van der Waals surface area contributed by atoms with Crippen LogP contribution in [-0.4, -0.2) is 82.7 Å². The molecule has 2 fully saturated rings. The number of hydrogen-bond donors (Lipinski definition) is 1. The largest absolute Gasteiger partial charge is 0.474 e. The number of anilines is 2. The molecule has 5 heterocycles. The standard InChI is InChI=1S/C31H38N8O3S/c1-5-27(40)38-11-8-20(9-12-38)41-26-16-25(39-14-13-37(4)18-19(39)2)34-30(35-26)22-15-24(36-42-22)31(3)10-6-7-23-28(31)21(17-32)29(33)43-23/h5,15-16,19-20H,1,6-14,18,33H2,2-4H3/t19-,31-/m0/s1. The third kappa shape index (κ3) is 5.47. The molecule has 3 aromatic heterocycles. The minimum Gasteiger partial charge on any atom is -0.474 e. The van der Waals surface area contributed by atoms with Crippen LogP contribution < -0.4 is 15.4 Å². The molecular weight excluding hydrogens is 564 g/mol. The van der Waals surface area contributed by atoms with Crippen LogP contribution in [0.25, 0.3) is 11.6 Å². The van der Waals surface area contributed by atoms with Crippen LogP contribution in [0.2, 0.25) is 0 Å². The molecule has 43 heavy (non-hydrogen) atoms. The molecule has 12 heteroatoms. The molecular formula is C31H38N8O3S. The first-order valence-electron chi connectivity index (χ1n) is 14.9. The lowest BCUT2D eigenvalue weighted by Crippen LogP contribution is -2.50. The number of ether oxygens (including phenoxy) is 1. The fourth-order valence-electron chi connectivity index (χ4n) is 6.70. The van der Waals surface area contributed by atoms with Gasteiger partial charge in [0.2, 0.25) is 23.4 Å². The number of likely N-dealkylation sites (N-methyl/N-ethyl adjacent to an activating group) is 1. The van der Waals surface area contributed by atoms with Gasteiger partial charge in [-0.25, -0.2) is 4.98 Å². The number of thiophene rings is 1. The fourth-order valence-corrected chi connectivity index (χ4v) is 7.89. The number of likely N-dealkylation sites (tertiary alicyclic amines) is 1. The summed E-state index contributed by atoms with van der Waals surface area (Å²) in [5.74, 6) is 2.05. The molecule has 1 amide bonds. The van der Waals surface area contributed by atoms with E-state index >= 15 is 0 Å². The maximum absolute atomic E-state index is 12.1. The van der Waals surface area contributed by atoms with Gasteiger partial charge in [-0.2, -0.15) is 10.2 Å². The van der Waals surface area contributed by atoms with E-state index in [4.69, 9.17) is 25.0 Å². The normalized spacial score (nSPS) is 23.1. The average molecular weight is 603 g/mol. The molecule has 11 nitrogen and oxygen atoms in total. The average Bonchev–Trinajstić information content (AvgIpc) is 3.63. The number of piperidine rings is 1. The highest BCUT2D eigenvalue weighted by atomic mass is 32.1. The zero-order chi connectivity index (χ0) is 30.3. The molecule has 0 unspecified atom stereocenters. The Morgan fingerprint density at radius 2 is 2.07 bits per heavy atom. The van der Waals surface area contributed by atoms with Crippen molar-refractivity contribution in [2.45, 2.75) is 63.5 Å². The zero-order valence-electron chi connectivity index (χ0n) is 25.0. The Bertz CT molecular complexity index is 1570. The molecule has 0 bridgehead atoms. The van der Waals surface area contributed by atoms with Crippen LogP contribution in [0.1, 0.15) is 61.2 Å². The number of carbonyl (C=O) groups is 1. The summed E-state index contributed by atoms with van der Waals surface area (Å²) in [5.41, 5.74) is 7.99. The Morgan fingerprint density at radius 1 is 1.28 bits per heavy atom. The number of nitrogens with two attached hydrogens (primary N) is 1. The minimum atomic E-state index is -0.506. The molecule has 2 N–H and O–H groups in total. The topological polar surface area (TPSA) is 138 Å². The van der Waals surface area contributed by atoms with Gasteiger partial charge < -0.3 is 29.7 Å². The van der Waals surface area contributed by atoms with Gasteiger partial charge in [-0.05, 0) is 51.8 Å². The maximum atomic E-state index is 12.1. The van der Waals surface area contributed by atoms with Crippen LogP contribution in [0, 0.1) is 11.3 Å². The minimum absolute atomic E-state index is 0.0546. The summed E-state index contributed by atoms with van der Waals surface area (Å²) in [6, 6.07) is 6.39. The second-order valence-electron chi connectivity index (χ2n) is 12.1. The Hall–Kier alpha value is -3.95. The van der Waals surface area contributed by atoms with E-state index in [0.717, 1.165) is 60.8 Å². The molecule has 6 rings (SSSR count). The summed E-state index contributed by atoms with van der Waals surface area (Å²) < 4.78 is 12.4. The smallest absolute Gasteiger partial charge is 0.245 e. The van der Waals surface area contributed by atoms with Gasteiger partial charge in [-0.1, -0.05) is 11.7 Å². The van der Waals surface area contributed by atoms with Crippen LogP contribution in [0.3, 0.4) is 0 Å². The number of nitriles is 1. The van der Waals surface area contributed by atoms with Gasteiger partial charge >= 0.3 is 0 Å². The SMILES string of the molecule is C=CC(=O)N1CCC(Oc2cc(N3CCN(C)C[C@@H]3C)nc(-c3cc([C@]4(C)CCCc5sc(N)c(C#N)c54)no3)n2)CC1. The predicted octanol–water partition coefficient (Wildman–Crippen LogP) is 3.99. The second kappa shape index (κ2) is 11.6. The van der Waals surface area contributed by atoms with Gasteiger partial charge in [0.1, 0.15) is 23.0 Å². The van der Waals surface area contributed by atoms with E-state index in [0.29, 0.717) is 54.0 Å². The maximum Gasteiger partial charge on any atom is 0.245 e. The van der Waals surface area contributed by atoms with Crippen LogP contribution in [-0.2, 0) is 16.6 Å². The molecule has 3 aliphatic rings. The Labute approximate surface area is 255 Å². The Balaban J connectivity index is 1.33. The van der Waals surface area contributed by atoms with E-state index in [2.05, 4.69) is 48.5 Å². The Kier molecular flexibility index (Phi) is 7.87. The monoisotopic (exact) mass is 602 g/mol. The number of fused-ring (bicyclic) bond motifs is 1. The third-order valence-electron chi connectivity index (χ3n) is 9.08. The van der Waals surface area contributed by atoms with Gasteiger partial charge in [0.15, 0.2) is 0 Å². The molecule has 0 radical (unpaired) electrons. The lowest BCUT2D eigenvalue weighted by atomic mass is 9.70. The number of amides is 1. The number of piperazine rings is 1. The van der Waals surface area contributed by atoms with Crippen LogP contribution >= 0.6 is 11.3 Å². The van der Waals surface area contributed by atoms with Crippen LogP contribution in [0.5, 0.6) is 5.88 Å². The van der Waals surface area contributed by atoms with Crippen LogP contribution in [0.15, 0.2) is 29.3 Å². The molecule has 0 saturated carbocycles.